The van der Waals surface area contributed by atoms with E-state index in [9.17, 15) is 8.42 Å². The Morgan fingerprint density at radius 2 is 2.17 bits per heavy atom. The minimum atomic E-state index is -3.68. The van der Waals surface area contributed by atoms with Gasteiger partial charge in [-0.3, -0.25) is 0 Å². The second-order valence-corrected chi connectivity index (χ2v) is 7.95. The van der Waals surface area contributed by atoms with Gasteiger partial charge in [-0.1, -0.05) is 18.5 Å². The Hall–Kier alpha value is -0.860. The summed E-state index contributed by atoms with van der Waals surface area (Å²) in [6, 6.07) is 4.65. The van der Waals surface area contributed by atoms with Crippen molar-refractivity contribution >= 4 is 21.6 Å². The molecule has 0 saturated carbocycles. The fraction of sp³-hybridized carbons (Fsp3) is 0.625. The third-order valence-corrected chi connectivity index (χ3v) is 5.43. The van der Waals surface area contributed by atoms with E-state index in [1.54, 1.807) is 12.1 Å². The van der Waals surface area contributed by atoms with Crippen molar-refractivity contribution in [3.8, 4) is 5.75 Å². The van der Waals surface area contributed by atoms with Crippen LogP contribution in [0.15, 0.2) is 23.1 Å². The number of sulfonamides is 1. The molecular formula is C16H25ClN2O4S. The first-order chi connectivity index (χ1) is 11.5. The van der Waals surface area contributed by atoms with Crippen LogP contribution in [-0.2, 0) is 14.8 Å². The van der Waals surface area contributed by atoms with Gasteiger partial charge < -0.3 is 14.8 Å². The van der Waals surface area contributed by atoms with Crippen LogP contribution >= 0.6 is 11.6 Å². The summed E-state index contributed by atoms with van der Waals surface area (Å²) in [5.74, 6) is 0.614. The van der Waals surface area contributed by atoms with E-state index in [1.165, 1.54) is 6.07 Å². The van der Waals surface area contributed by atoms with Crippen molar-refractivity contribution in [1.29, 1.82) is 0 Å². The summed E-state index contributed by atoms with van der Waals surface area (Å²) in [6.07, 6.45) is 1.93. The van der Waals surface area contributed by atoms with E-state index in [-0.39, 0.29) is 4.90 Å². The average Bonchev–Trinajstić information content (AvgIpc) is 3.07. The van der Waals surface area contributed by atoms with Gasteiger partial charge in [0.1, 0.15) is 10.6 Å². The van der Waals surface area contributed by atoms with Crippen molar-refractivity contribution in [2.24, 2.45) is 5.92 Å². The zero-order chi connectivity index (χ0) is 17.4. The summed E-state index contributed by atoms with van der Waals surface area (Å²) in [5.41, 5.74) is 0. The number of halogens is 1. The van der Waals surface area contributed by atoms with E-state index in [0.29, 0.717) is 43.0 Å². The predicted molar refractivity (Wildman–Crippen MR) is 94.2 cm³/mol. The fourth-order valence-electron chi connectivity index (χ4n) is 2.39. The summed E-state index contributed by atoms with van der Waals surface area (Å²) < 4.78 is 38.7. The van der Waals surface area contributed by atoms with Gasteiger partial charge in [-0.05, 0) is 37.6 Å². The quantitative estimate of drug-likeness (QED) is 0.611. The van der Waals surface area contributed by atoms with Gasteiger partial charge >= 0.3 is 0 Å². The Balaban J connectivity index is 2.01. The molecule has 1 aliphatic heterocycles. The lowest BCUT2D eigenvalue weighted by Crippen LogP contribution is -2.32. The number of hydrogen-bond donors (Lipinski definition) is 2. The second kappa shape index (κ2) is 9.58. The van der Waals surface area contributed by atoms with Crippen molar-refractivity contribution in [1.82, 2.24) is 10.0 Å². The molecule has 8 heteroatoms. The van der Waals surface area contributed by atoms with E-state index in [2.05, 4.69) is 17.0 Å². The SMILES string of the molecule is CCCNCCNS(=O)(=O)c1cc(Cl)ccc1OCC1CCOC1. The zero-order valence-corrected chi connectivity index (χ0v) is 15.5. The van der Waals surface area contributed by atoms with Gasteiger partial charge in [-0.25, -0.2) is 13.1 Å². The second-order valence-electron chi connectivity index (χ2n) is 5.78. The number of nitrogens with one attached hydrogen (secondary N) is 2. The normalized spacial score (nSPS) is 18.0. The van der Waals surface area contributed by atoms with Crippen LogP contribution in [0, 0.1) is 5.92 Å². The van der Waals surface area contributed by atoms with Crippen LogP contribution in [0.25, 0.3) is 0 Å². The number of ether oxygens (including phenoxy) is 2. The summed E-state index contributed by atoms with van der Waals surface area (Å²) in [4.78, 5) is 0.0735. The van der Waals surface area contributed by atoms with Crippen molar-refractivity contribution in [3.05, 3.63) is 23.2 Å². The summed E-state index contributed by atoms with van der Waals surface area (Å²) in [6.45, 7) is 5.61. The Labute approximate surface area is 148 Å². The highest BCUT2D eigenvalue weighted by atomic mass is 35.5. The monoisotopic (exact) mass is 376 g/mol. The molecule has 1 unspecified atom stereocenters. The molecule has 0 spiro atoms. The number of benzene rings is 1. The van der Waals surface area contributed by atoms with Gasteiger partial charge in [0.2, 0.25) is 10.0 Å². The minimum Gasteiger partial charge on any atom is -0.492 e. The molecule has 24 heavy (non-hydrogen) atoms. The van der Waals surface area contributed by atoms with Crippen LogP contribution in [-0.4, -0.2) is 47.9 Å². The highest BCUT2D eigenvalue weighted by Gasteiger charge is 2.22. The van der Waals surface area contributed by atoms with Gasteiger partial charge in [-0.15, -0.1) is 0 Å². The Kier molecular flexibility index (Phi) is 7.77. The first-order valence-corrected chi connectivity index (χ1v) is 10.1. The van der Waals surface area contributed by atoms with E-state index in [4.69, 9.17) is 21.1 Å². The van der Waals surface area contributed by atoms with E-state index < -0.39 is 10.0 Å². The molecule has 1 saturated heterocycles. The molecule has 2 N–H and O–H groups in total. The smallest absolute Gasteiger partial charge is 0.244 e. The molecule has 0 bridgehead atoms. The van der Waals surface area contributed by atoms with Gasteiger partial charge in [0.05, 0.1) is 13.2 Å². The minimum absolute atomic E-state index is 0.0735. The third-order valence-electron chi connectivity index (χ3n) is 3.71. The maximum Gasteiger partial charge on any atom is 0.244 e. The zero-order valence-electron chi connectivity index (χ0n) is 13.9. The number of hydrogen-bond acceptors (Lipinski definition) is 5. The average molecular weight is 377 g/mol. The standard InChI is InChI=1S/C16H25ClN2O4S/c1-2-6-18-7-8-19-24(20,21)16-10-14(17)3-4-15(16)23-12-13-5-9-22-11-13/h3-4,10,13,18-19H,2,5-9,11-12H2,1H3. The topological polar surface area (TPSA) is 76.7 Å². The van der Waals surface area contributed by atoms with Crippen molar-refractivity contribution < 1.29 is 17.9 Å². The predicted octanol–water partition coefficient (Wildman–Crippen LogP) is 2.03. The Morgan fingerprint density at radius 1 is 1.33 bits per heavy atom. The highest BCUT2D eigenvalue weighted by Crippen LogP contribution is 2.28. The molecule has 0 amide bonds. The van der Waals surface area contributed by atoms with E-state index in [0.717, 1.165) is 26.0 Å². The molecule has 1 atom stereocenters. The highest BCUT2D eigenvalue weighted by molar-refractivity contribution is 7.89. The molecule has 0 aromatic heterocycles. The lowest BCUT2D eigenvalue weighted by atomic mass is 10.1. The van der Waals surface area contributed by atoms with Crippen LogP contribution in [0.1, 0.15) is 19.8 Å². The molecule has 0 aliphatic carbocycles. The fourth-order valence-corrected chi connectivity index (χ4v) is 3.82. The van der Waals surface area contributed by atoms with Gasteiger partial charge in [0, 0.05) is 30.6 Å². The molecular weight excluding hydrogens is 352 g/mol. The van der Waals surface area contributed by atoms with Crippen LogP contribution in [0.5, 0.6) is 5.75 Å². The van der Waals surface area contributed by atoms with E-state index in [1.807, 2.05) is 0 Å². The molecule has 1 heterocycles. The summed E-state index contributed by atoms with van der Waals surface area (Å²) >= 11 is 5.97. The molecule has 2 rings (SSSR count). The first kappa shape index (κ1) is 19.5. The van der Waals surface area contributed by atoms with Crippen molar-refractivity contribution in [2.45, 2.75) is 24.7 Å². The van der Waals surface area contributed by atoms with Crippen molar-refractivity contribution in [3.63, 3.8) is 0 Å². The van der Waals surface area contributed by atoms with E-state index >= 15 is 0 Å². The summed E-state index contributed by atoms with van der Waals surface area (Å²) in [5, 5.41) is 3.51. The Bertz CT molecular complexity index is 619. The molecule has 1 aliphatic rings. The first-order valence-electron chi connectivity index (χ1n) is 8.23. The van der Waals surface area contributed by atoms with Crippen LogP contribution in [0.3, 0.4) is 0 Å². The number of rotatable bonds is 10. The van der Waals surface area contributed by atoms with Crippen molar-refractivity contribution in [2.75, 3.05) is 39.5 Å². The molecule has 0 radical (unpaired) electrons. The maximum atomic E-state index is 12.5. The molecule has 136 valence electrons. The van der Waals surface area contributed by atoms with Crippen LogP contribution < -0.4 is 14.8 Å². The van der Waals surface area contributed by atoms with Gasteiger partial charge in [0.25, 0.3) is 0 Å². The van der Waals surface area contributed by atoms with Crippen LogP contribution in [0.4, 0.5) is 0 Å². The van der Waals surface area contributed by atoms with Gasteiger partial charge in [0.15, 0.2) is 0 Å². The third kappa shape index (κ3) is 5.89. The molecule has 1 aromatic carbocycles. The van der Waals surface area contributed by atoms with Crippen LogP contribution in [0.2, 0.25) is 5.02 Å². The lowest BCUT2D eigenvalue weighted by molar-refractivity contribution is 0.166. The Morgan fingerprint density at radius 3 is 2.88 bits per heavy atom. The summed E-state index contributed by atoms with van der Waals surface area (Å²) in [7, 11) is -3.68. The van der Waals surface area contributed by atoms with Gasteiger partial charge in [-0.2, -0.15) is 0 Å². The molecule has 6 nitrogen and oxygen atoms in total. The molecule has 1 aromatic rings. The molecule has 1 fully saturated rings. The lowest BCUT2D eigenvalue weighted by Gasteiger charge is -2.15. The largest absolute Gasteiger partial charge is 0.492 e. The maximum absolute atomic E-state index is 12.5.